The zero-order chi connectivity index (χ0) is 12.7. The highest BCUT2D eigenvalue weighted by Crippen LogP contribution is 2.11. The summed E-state index contributed by atoms with van der Waals surface area (Å²) >= 11 is 0. The molecule has 1 unspecified atom stereocenters. The van der Waals surface area contributed by atoms with Gasteiger partial charge < -0.3 is 15.1 Å². The van der Waals surface area contributed by atoms with Gasteiger partial charge in [-0.05, 0) is 19.1 Å². The van der Waals surface area contributed by atoms with Crippen molar-refractivity contribution in [2.24, 2.45) is 0 Å². The number of hydrogen-bond acceptors (Lipinski definition) is 3. The molecule has 1 heterocycles. The Morgan fingerprint density at radius 1 is 1.35 bits per heavy atom. The maximum atomic E-state index is 11.8. The molecular weight excluding hydrogens is 233 g/mol. The number of rotatable bonds is 7. The quantitative estimate of drug-likeness (QED) is 0.726. The molecule has 17 heavy (non-hydrogen) atoms. The Balaban J connectivity index is 2.03. The molecule has 0 bridgehead atoms. The third kappa shape index (κ3) is 7.01. The van der Waals surface area contributed by atoms with Gasteiger partial charge in [-0.1, -0.05) is 0 Å². The maximum absolute atomic E-state index is 11.8. The van der Waals surface area contributed by atoms with E-state index in [9.17, 15) is 13.2 Å². The van der Waals surface area contributed by atoms with Crippen LogP contribution in [-0.4, -0.2) is 31.9 Å². The zero-order valence-electron chi connectivity index (χ0n) is 9.68. The van der Waals surface area contributed by atoms with Gasteiger partial charge in [-0.2, -0.15) is 13.2 Å². The van der Waals surface area contributed by atoms with Crippen molar-refractivity contribution >= 4 is 0 Å². The first-order valence-corrected chi connectivity index (χ1v) is 5.50. The second-order valence-corrected chi connectivity index (χ2v) is 3.93. The molecule has 0 aliphatic carbocycles. The summed E-state index contributed by atoms with van der Waals surface area (Å²) in [5.41, 5.74) is 0. The summed E-state index contributed by atoms with van der Waals surface area (Å²) in [6.07, 6.45) is -1.81. The van der Waals surface area contributed by atoms with Gasteiger partial charge in [0.1, 0.15) is 5.76 Å². The molecule has 0 amide bonds. The Kier molecular flexibility index (Phi) is 5.50. The number of nitrogens with one attached hydrogen (secondary N) is 2. The first-order chi connectivity index (χ1) is 7.97. The first-order valence-electron chi connectivity index (χ1n) is 5.50. The predicted octanol–water partition coefficient (Wildman–Crippen LogP) is 1.95. The third-order valence-electron chi connectivity index (χ3n) is 2.21. The fourth-order valence-corrected chi connectivity index (χ4v) is 1.44. The number of hydrogen-bond donors (Lipinski definition) is 2. The zero-order valence-corrected chi connectivity index (χ0v) is 9.68. The van der Waals surface area contributed by atoms with E-state index in [4.69, 9.17) is 4.42 Å². The lowest BCUT2D eigenvalue weighted by Crippen LogP contribution is -2.37. The van der Waals surface area contributed by atoms with E-state index in [2.05, 4.69) is 10.6 Å². The van der Waals surface area contributed by atoms with Crippen LogP contribution < -0.4 is 10.6 Å². The van der Waals surface area contributed by atoms with E-state index in [-0.39, 0.29) is 6.04 Å². The first kappa shape index (κ1) is 14.1. The fraction of sp³-hybridized carbons (Fsp3) is 0.636. The molecule has 0 aliphatic rings. The van der Waals surface area contributed by atoms with Crippen molar-refractivity contribution in [3.63, 3.8) is 0 Å². The van der Waals surface area contributed by atoms with E-state index in [1.165, 1.54) is 0 Å². The molecule has 0 saturated carbocycles. The summed E-state index contributed by atoms with van der Waals surface area (Å²) in [5.74, 6) is 0.869. The molecule has 0 radical (unpaired) electrons. The van der Waals surface area contributed by atoms with Crippen LogP contribution >= 0.6 is 0 Å². The van der Waals surface area contributed by atoms with E-state index < -0.39 is 12.7 Å². The average Bonchev–Trinajstić information content (AvgIpc) is 2.68. The Morgan fingerprint density at radius 2 is 2.12 bits per heavy atom. The molecule has 0 saturated heterocycles. The molecule has 1 aromatic rings. The summed E-state index contributed by atoms with van der Waals surface area (Å²) in [6.45, 7) is 1.81. The molecule has 1 atom stereocenters. The summed E-state index contributed by atoms with van der Waals surface area (Å²) in [6, 6.07) is 3.86. The Hall–Kier alpha value is -1.01. The van der Waals surface area contributed by atoms with E-state index in [0.29, 0.717) is 13.1 Å². The maximum Gasteiger partial charge on any atom is 0.401 e. The van der Waals surface area contributed by atoms with E-state index in [1.54, 1.807) is 6.26 Å². The molecule has 98 valence electrons. The minimum Gasteiger partial charge on any atom is -0.469 e. The van der Waals surface area contributed by atoms with Crippen molar-refractivity contribution in [1.82, 2.24) is 10.6 Å². The van der Waals surface area contributed by atoms with Gasteiger partial charge in [0, 0.05) is 25.6 Å². The monoisotopic (exact) mass is 250 g/mol. The van der Waals surface area contributed by atoms with Crippen LogP contribution in [0.2, 0.25) is 0 Å². The van der Waals surface area contributed by atoms with Crippen molar-refractivity contribution in [1.29, 1.82) is 0 Å². The molecule has 0 fully saturated rings. The SMILES string of the molecule is CC(Cc1ccco1)NCCNCC(F)(F)F. The third-order valence-corrected chi connectivity index (χ3v) is 2.21. The minimum atomic E-state index is -4.14. The van der Waals surface area contributed by atoms with E-state index in [0.717, 1.165) is 12.2 Å². The molecule has 0 aromatic carbocycles. The highest BCUT2D eigenvalue weighted by atomic mass is 19.4. The van der Waals surface area contributed by atoms with Crippen LogP contribution in [0.1, 0.15) is 12.7 Å². The minimum absolute atomic E-state index is 0.175. The van der Waals surface area contributed by atoms with E-state index in [1.807, 2.05) is 19.1 Å². The van der Waals surface area contributed by atoms with Gasteiger partial charge in [-0.25, -0.2) is 0 Å². The van der Waals surface area contributed by atoms with Gasteiger partial charge in [-0.3, -0.25) is 0 Å². The molecule has 1 rings (SSSR count). The molecule has 2 N–H and O–H groups in total. The van der Waals surface area contributed by atoms with Crippen molar-refractivity contribution in [3.8, 4) is 0 Å². The predicted molar refractivity (Wildman–Crippen MR) is 58.8 cm³/mol. The Morgan fingerprint density at radius 3 is 2.71 bits per heavy atom. The fourth-order valence-electron chi connectivity index (χ4n) is 1.44. The second kappa shape index (κ2) is 6.66. The van der Waals surface area contributed by atoms with Crippen molar-refractivity contribution in [2.45, 2.75) is 25.6 Å². The van der Waals surface area contributed by atoms with Crippen LogP contribution in [0.25, 0.3) is 0 Å². The summed E-state index contributed by atoms with van der Waals surface area (Å²) in [5, 5.41) is 5.45. The van der Waals surface area contributed by atoms with Gasteiger partial charge in [0.2, 0.25) is 0 Å². The highest BCUT2D eigenvalue weighted by Gasteiger charge is 2.25. The lowest BCUT2D eigenvalue weighted by Gasteiger charge is -2.13. The van der Waals surface area contributed by atoms with Crippen LogP contribution in [0.4, 0.5) is 13.2 Å². The van der Waals surface area contributed by atoms with Gasteiger partial charge in [0.15, 0.2) is 0 Å². The number of furan rings is 1. The summed E-state index contributed by atoms with van der Waals surface area (Å²) in [4.78, 5) is 0. The molecule has 0 spiro atoms. The van der Waals surface area contributed by atoms with Crippen LogP contribution in [0, 0.1) is 0 Å². The number of alkyl halides is 3. The van der Waals surface area contributed by atoms with Gasteiger partial charge in [0.25, 0.3) is 0 Å². The van der Waals surface area contributed by atoms with Crippen molar-refractivity contribution < 1.29 is 17.6 Å². The molecule has 0 aliphatic heterocycles. The topological polar surface area (TPSA) is 37.2 Å². The highest BCUT2D eigenvalue weighted by molar-refractivity contribution is 4.99. The largest absolute Gasteiger partial charge is 0.469 e. The molecule has 1 aromatic heterocycles. The number of halogens is 3. The molecule has 3 nitrogen and oxygen atoms in total. The second-order valence-electron chi connectivity index (χ2n) is 3.93. The van der Waals surface area contributed by atoms with Crippen LogP contribution in [0.3, 0.4) is 0 Å². The van der Waals surface area contributed by atoms with E-state index >= 15 is 0 Å². The van der Waals surface area contributed by atoms with Crippen molar-refractivity contribution in [2.75, 3.05) is 19.6 Å². The molecular formula is C11H17F3N2O. The lowest BCUT2D eigenvalue weighted by molar-refractivity contribution is -0.124. The smallest absolute Gasteiger partial charge is 0.401 e. The standard InChI is InChI=1S/C11H17F3N2O/c1-9(7-10-3-2-6-17-10)16-5-4-15-8-11(12,13)14/h2-3,6,9,15-16H,4-5,7-8H2,1H3. The van der Waals surface area contributed by atoms with Crippen LogP contribution in [0.15, 0.2) is 22.8 Å². The molecule has 6 heteroatoms. The normalized spacial score (nSPS) is 13.9. The Labute approximate surface area is 98.4 Å². The Bertz CT molecular complexity index is 298. The lowest BCUT2D eigenvalue weighted by atomic mass is 10.2. The van der Waals surface area contributed by atoms with Gasteiger partial charge in [0.05, 0.1) is 12.8 Å². The van der Waals surface area contributed by atoms with Gasteiger partial charge in [-0.15, -0.1) is 0 Å². The van der Waals surface area contributed by atoms with Crippen LogP contribution in [0.5, 0.6) is 0 Å². The average molecular weight is 250 g/mol. The van der Waals surface area contributed by atoms with Crippen molar-refractivity contribution in [3.05, 3.63) is 24.2 Å². The summed E-state index contributed by atoms with van der Waals surface area (Å²) in [7, 11) is 0. The van der Waals surface area contributed by atoms with Crippen LogP contribution in [-0.2, 0) is 6.42 Å². The van der Waals surface area contributed by atoms with Gasteiger partial charge >= 0.3 is 6.18 Å². The summed E-state index contributed by atoms with van der Waals surface area (Å²) < 4.78 is 40.6.